The zero-order valence-electron chi connectivity index (χ0n) is 12.6. The van der Waals surface area contributed by atoms with E-state index < -0.39 is 4.92 Å². The third kappa shape index (κ3) is 3.80. The molecule has 1 aliphatic carbocycles. The van der Waals surface area contributed by atoms with Crippen LogP contribution < -0.4 is 10.6 Å². The molecule has 1 fully saturated rings. The summed E-state index contributed by atoms with van der Waals surface area (Å²) in [5.41, 5.74) is -0.0594. The van der Waals surface area contributed by atoms with E-state index in [0.29, 0.717) is 18.3 Å². The van der Waals surface area contributed by atoms with Gasteiger partial charge in [-0.05, 0) is 32.1 Å². The first-order valence-corrected chi connectivity index (χ1v) is 7.63. The van der Waals surface area contributed by atoms with Crippen LogP contribution in [-0.4, -0.2) is 27.5 Å². The van der Waals surface area contributed by atoms with Gasteiger partial charge in [0, 0.05) is 12.6 Å². The highest BCUT2D eigenvalue weighted by molar-refractivity contribution is 5.69. The Morgan fingerprint density at radius 3 is 2.67 bits per heavy atom. The Labute approximate surface area is 124 Å². The second-order valence-electron chi connectivity index (χ2n) is 5.58. The number of hydrogen-bond donors (Lipinski definition) is 2. The Balaban J connectivity index is 2.18. The summed E-state index contributed by atoms with van der Waals surface area (Å²) in [6.07, 6.45) is 7.08. The van der Waals surface area contributed by atoms with Gasteiger partial charge in [0.05, 0.1) is 4.92 Å². The molecular weight excluding hydrogens is 270 g/mol. The molecule has 0 bridgehead atoms. The summed E-state index contributed by atoms with van der Waals surface area (Å²) in [5.74, 6) is 1.16. The highest BCUT2D eigenvalue weighted by Gasteiger charge is 2.27. The number of aromatic nitrogens is 2. The molecule has 1 heterocycles. The maximum Gasteiger partial charge on any atom is 0.353 e. The lowest BCUT2D eigenvalue weighted by Gasteiger charge is -2.21. The van der Waals surface area contributed by atoms with Gasteiger partial charge in [-0.2, -0.15) is 0 Å². The monoisotopic (exact) mass is 293 g/mol. The molecule has 7 heteroatoms. The fraction of sp³-hybridized carbons (Fsp3) is 0.714. The number of anilines is 2. The molecule has 1 aliphatic rings. The van der Waals surface area contributed by atoms with E-state index in [9.17, 15) is 10.1 Å². The van der Waals surface area contributed by atoms with E-state index in [1.54, 1.807) is 0 Å². The van der Waals surface area contributed by atoms with Crippen molar-refractivity contribution >= 4 is 17.3 Å². The molecule has 0 radical (unpaired) electrons. The lowest BCUT2D eigenvalue weighted by Crippen LogP contribution is -2.25. The van der Waals surface area contributed by atoms with Crippen molar-refractivity contribution in [3.8, 4) is 0 Å². The van der Waals surface area contributed by atoms with E-state index in [1.165, 1.54) is 32.0 Å². The van der Waals surface area contributed by atoms with E-state index in [4.69, 9.17) is 0 Å². The molecule has 1 aromatic heterocycles. The third-order valence-electron chi connectivity index (χ3n) is 4.02. The van der Waals surface area contributed by atoms with Crippen molar-refractivity contribution in [2.75, 3.05) is 17.2 Å². The van der Waals surface area contributed by atoms with Gasteiger partial charge in [-0.3, -0.25) is 10.1 Å². The minimum atomic E-state index is -0.415. The SMILES string of the molecule is CCCNc1ncnc(NC(C)C2CCCC2)c1[N+](=O)[O-]. The first kappa shape index (κ1) is 15.5. The largest absolute Gasteiger partial charge is 0.364 e. The standard InChI is InChI=1S/C14H23N5O2/c1-3-8-15-13-12(19(20)21)14(17-9-16-13)18-10(2)11-6-4-5-7-11/h9-11H,3-8H2,1-2H3,(H2,15,16,17,18). The molecule has 0 saturated heterocycles. The van der Waals surface area contributed by atoms with Crippen molar-refractivity contribution in [3.05, 3.63) is 16.4 Å². The highest BCUT2D eigenvalue weighted by atomic mass is 16.6. The van der Waals surface area contributed by atoms with Crippen LogP contribution >= 0.6 is 0 Å². The average Bonchev–Trinajstić information content (AvgIpc) is 2.99. The normalized spacial score (nSPS) is 16.7. The van der Waals surface area contributed by atoms with Crippen LogP contribution in [-0.2, 0) is 0 Å². The zero-order chi connectivity index (χ0) is 15.2. The zero-order valence-corrected chi connectivity index (χ0v) is 12.6. The van der Waals surface area contributed by atoms with Crippen LogP contribution in [0, 0.1) is 16.0 Å². The highest BCUT2D eigenvalue weighted by Crippen LogP contribution is 2.33. The second kappa shape index (κ2) is 7.19. The number of hydrogen-bond acceptors (Lipinski definition) is 6. The third-order valence-corrected chi connectivity index (χ3v) is 4.02. The predicted molar refractivity (Wildman–Crippen MR) is 82.5 cm³/mol. The molecular formula is C14H23N5O2. The molecule has 1 saturated carbocycles. The molecule has 2 rings (SSSR count). The summed E-state index contributed by atoms with van der Waals surface area (Å²) in [4.78, 5) is 19.0. The van der Waals surface area contributed by atoms with Crippen LogP contribution in [0.4, 0.5) is 17.3 Å². The van der Waals surface area contributed by atoms with Crippen LogP contribution in [0.3, 0.4) is 0 Å². The van der Waals surface area contributed by atoms with Crippen LogP contribution in [0.5, 0.6) is 0 Å². The molecule has 21 heavy (non-hydrogen) atoms. The van der Waals surface area contributed by atoms with Crippen molar-refractivity contribution in [3.63, 3.8) is 0 Å². The summed E-state index contributed by atoms with van der Waals surface area (Å²) >= 11 is 0. The Hall–Kier alpha value is -1.92. The fourth-order valence-corrected chi connectivity index (χ4v) is 2.82. The van der Waals surface area contributed by atoms with Gasteiger partial charge in [0.25, 0.3) is 0 Å². The molecule has 2 N–H and O–H groups in total. The van der Waals surface area contributed by atoms with Gasteiger partial charge in [-0.1, -0.05) is 19.8 Å². The van der Waals surface area contributed by atoms with Gasteiger partial charge in [0.15, 0.2) is 0 Å². The smallest absolute Gasteiger partial charge is 0.353 e. The lowest BCUT2D eigenvalue weighted by atomic mass is 10.00. The van der Waals surface area contributed by atoms with Crippen LogP contribution in [0.25, 0.3) is 0 Å². The molecule has 1 atom stereocenters. The van der Waals surface area contributed by atoms with Gasteiger partial charge in [-0.25, -0.2) is 9.97 Å². The first-order chi connectivity index (χ1) is 10.1. The number of rotatable bonds is 7. The summed E-state index contributed by atoms with van der Waals surface area (Å²) in [6, 6.07) is 0.181. The van der Waals surface area contributed by atoms with Crippen LogP contribution in [0.15, 0.2) is 6.33 Å². The molecule has 7 nitrogen and oxygen atoms in total. The maximum atomic E-state index is 11.4. The lowest BCUT2D eigenvalue weighted by molar-refractivity contribution is -0.383. The van der Waals surface area contributed by atoms with Gasteiger partial charge in [0.2, 0.25) is 11.6 Å². The number of nitrogens with zero attached hydrogens (tertiary/aromatic N) is 3. The first-order valence-electron chi connectivity index (χ1n) is 7.63. The minimum Gasteiger partial charge on any atom is -0.364 e. The maximum absolute atomic E-state index is 11.4. The molecule has 0 amide bonds. The van der Waals surface area contributed by atoms with E-state index >= 15 is 0 Å². The Bertz CT molecular complexity index is 488. The van der Waals surface area contributed by atoms with Gasteiger partial charge < -0.3 is 10.6 Å². The van der Waals surface area contributed by atoms with E-state index in [2.05, 4.69) is 27.5 Å². The van der Waals surface area contributed by atoms with Crippen molar-refractivity contribution in [2.24, 2.45) is 5.92 Å². The number of nitro groups is 1. The molecule has 0 spiro atoms. The molecule has 0 aromatic carbocycles. The Kier molecular flexibility index (Phi) is 5.30. The summed E-state index contributed by atoms with van der Waals surface area (Å²) in [6.45, 7) is 4.72. The Morgan fingerprint density at radius 1 is 1.38 bits per heavy atom. The topological polar surface area (TPSA) is 93.0 Å². The van der Waals surface area contributed by atoms with Gasteiger partial charge in [-0.15, -0.1) is 0 Å². The van der Waals surface area contributed by atoms with Crippen molar-refractivity contribution in [2.45, 2.75) is 52.0 Å². The molecule has 116 valence electrons. The minimum absolute atomic E-state index is 0.0594. The van der Waals surface area contributed by atoms with Crippen LogP contribution in [0.2, 0.25) is 0 Å². The van der Waals surface area contributed by atoms with E-state index in [-0.39, 0.29) is 17.5 Å². The predicted octanol–water partition coefficient (Wildman–Crippen LogP) is 3.20. The van der Waals surface area contributed by atoms with Crippen molar-refractivity contribution in [1.29, 1.82) is 0 Å². The summed E-state index contributed by atoms with van der Waals surface area (Å²) < 4.78 is 0. The van der Waals surface area contributed by atoms with Gasteiger partial charge in [0.1, 0.15) is 6.33 Å². The van der Waals surface area contributed by atoms with Crippen molar-refractivity contribution < 1.29 is 4.92 Å². The summed E-state index contributed by atoms with van der Waals surface area (Å²) in [7, 11) is 0. The van der Waals surface area contributed by atoms with Crippen molar-refractivity contribution in [1.82, 2.24) is 9.97 Å². The molecule has 1 aromatic rings. The quantitative estimate of drug-likeness (QED) is 0.592. The van der Waals surface area contributed by atoms with E-state index in [0.717, 1.165) is 6.42 Å². The van der Waals surface area contributed by atoms with Crippen LogP contribution in [0.1, 0.15) is 46.0 Å². The Morgan fingerprint density at radius 2 is 2.05 bits per heavy atom. The van der Waals surface area contributed by atoms with E-state index in [1.807, 2.05) is 6.92 Å². The average molecular weight is 293 g/mol. The molecule has 1 unspecified atom stereocenters. The van der Waals surface area contributed by atoms with Gasteiger partial charge >= 0.3 is 5.69 Å². The number of nitrogens with one attached hydrogen (secondary N) is 2. The fourth-order valence-electron chi connectivity index (χ4n) is 2.82. The second-order valence-corrected chi connectivity index (χ2v) is 5.58. The molecule has 0 aliphatic heterocycles. The summed E-state index contributed by atoms with van der Waals surface area (Å²) in [5, 5.41) is 17.6.